The third kappa shape index (κ3) is 4.03. The van der Waals surface area contributed by atoms with E-state index in [0.29, 0.717) is 5.88 Å². The smallest absolute Gasteiger partial charge is 0.166 e. The average molecular weight is 281 g/mol. The van der Waals surface area contributed by atoms with Gasteiger partial charge in [-0.15, -0.1) is 11.6 Å². The first-order valence-corrected chi connectivity index (χ1v) is 9.25. The first-order chi connectivity index (χ1) is 7.77. The molecule has 0 spiro atoms. The molecular formula is C12H16ClF3Si. The molecule has 1 aromatic carbocycles. The molecule has 0 radical (unpaired) electrons. The summed E-state index contributed by atoms with van der Waals surface area (Å²) in [4.78, 5) is 0. The summed E-state index contributed by atoms with van der Waals surface area (Å²) in [7, 11) is -1.63. The predicted molar refractivity (Wildman–Crippen MR) is 68.7 cm³/mol. The van der Waals surface area contributed by atoms with E-state index in [4.69, 9.17) is 11.6 Å². The molecule has 0 N–H and O–H groups in total. The van der Waals surface area contributed by atoms with Gasteiger partial charge in [-0.25, -0.2) is 0 Å². The van der Waals surface area contributed by atoms with Crippen molar-refractivity contribution in [3.8, 4) is 0 Å². The molecule has 5 heteroatoms. The van der Waals surface area contributed by atoms with Crippen molar-refractivity contribution in [3.05, 3.63) is 29.8 Å². The Kier molecular flexibility index (Phi) is 4.67. The lowest BCUT2D eigenvalue weighted by Gasteiger charge is -2.23. The SMILES string of the molecule is C[Si](C)(CCCCl)c1ccc(C(F)(F)F)cc1. The standard InChI is InChI=1S/C12H16ClF3Si/c1-17(2,9-3-8-13)11-6-4-10(5-7-11)12(14,15)16/h4-7H,3,8-9H2,1-2H3. The van der Waals surface area contributed by atoms with E-state index >= 15 is 0 Å². The van der Waals surface area contributed by atoms with Gasteiger partial charge in [-0.05, 0) is 6.42 Å². The van der Waals surface area contributed by atoms with Crippen molar-refractivity contribution in [1.82, 2.24) is 0 Å². The first kappa shape index (κ1) is 14.6. The topological polar surface area (TPSA) is 0 Å². The van der Waals surface area contributed by atoms with Crippen molar-refractivity contribution in [2.24, 2.45) is 0 Å². The summed E-state index contributed by atoms with van der Waals surface area (Å²) in [6.45, 7) is 4.31. The van der Waals surface area contributed by atoms with Crippen molar-refractivity contribution < 1.29 is 13.2 Å². The van der Waals surface area contributed by atoms with Crippen LogP contribution in [-0.2, 0) is 6.18 Å². The Bertz CT molecular complexity index is 357. The van der Waals surface area contributed by atoms with Gasteiger partial charge in [-0.1, -0.05) is 48.6 Å². The molecule has 0 aliphatic heterocycles. The van der Waals surface area contributed by atoms with Crippen molar-refractivity contribution in [1.29, 1.82) is 0 Å². The van der Waals surface area contributed by atoms with E-state index in [9.17, 15) is 13.2 Å². The number of hydrogen-bond donors (Lipinski definition) is 0. The summed E-state index contributed by atoms with van der Waals surface area (Å²) in [6, 6.07) is 6.57. The minimum Gasteiger partial charge on any atom is -0.166 e. The molecule has 0 atom stereocenters. The maximum atomic E-state index is 12.4. The Labute approximate surface area is 106 Å². The maximum Gasteiger partial charge on any atom is 0.416 e. The normalized spacial score (nSPS) is 12.8. The largest absolute Gasteiger partial charge is 0.416 e. The Hall–Kier alpha value is -0.483. The summed E-state index contributed by atoms with van der Waals surface area (Å²) in [5.41, 5.74) is -0.580. The van der Waals surface area contributed by atoms with Crippen LogP contribution < -0.4 is 5.19 Å². The molecule has 0 unspecified atom stereocenters. The zero-order valence-corrected chi connectivity index (χ0v) is 11.7. The van der Waals surface area contributed by atoms with Crippen LogP contribution in [0.25, 0.3) is 0 Å². The van der Waals surface area contributed by atoms with E-state index in [1.54, 1.807) is 12.1 Å². The minimum atomic E-state index is -4.25. The molecule has 0 heterocycles. The molecule has 1 aromatic rings. The Morgan fingerprint density at radius 2 is 1.65 bits per heavy atom. The van der Waals surface area contributed by atoms with Crippen LogP contribution in [0.5, 0.6) is 0 Å². The maximum absolute atomic E-state index is 12.4. The highest BCUT2D eigenvalue weighted by atomic mass is 35.5. The number of rotatable bonds is 4. The van der Waals surface area contributed by atoms with Gasteiger partial charge in [-0.3, -0.25) is 0 Å². The van der Waals surface area contributed by atoms with Crippen LogP contribution >= 0.6 is 11.6 Å². The van der Waals surface area contributed by atoms with Gasteiger partial charge in [0.25, 0.3) is 0 Å². The van der Waals surface area contributed by atoms with Crippen molar-refractivity contribution >= 4 is 24.9 Å². The Balaban J connectivity index is 2.87. The van der Waals surface area contributed by atoms with Crippen LogP contribution in [-0.4, -0.2) is 14.0 Å². The summed E-state index contributed by atoms with van der Waals surface area (Å²) >= 11 is 5.65. The van der Waals surface area contributed by atoms with E-state index < -0.39 is 19.8 Å². The van der Waals surface area contributed by atoms with Gasteiger partial charge < -0.3 is 0 Å². The van der Waals surface area contributed by atoms with Crippen LogP contribution in [0.1, 0.15) is 12.0 Å². The Morgan fingerprint density at radius 3 is 2.06 bits per heavy atom. The van der Waals surface area contributed by atoms with Crippen molar-refractivity contribution in [2.75, 3.05) is 5.88 Å². The number of halogens is 4. The van der Waals surface area contributed by atoms with Gasteiger partial charge in [0, 0.05) is 5.88 Å². The molecule has 0 aliphatic carbocycles. The summed E-state index contributed by atoms with van der Waals surface area (Å²) in [6.07, 6.45) is -3.33. The molecule has 0 aliphatic rings. The highest BCUT2D eigenvalue weighted by Crippen LogP contribution is 2.28. The second kappa shape index (κ2) is 5.44. The number of alkyl halides is 4. The molecular weight excluding hydrogens is 265 g/mol. The van der Waals surface area contributed by atoms with Gasteiger partial charge in [0.1, 0.15) is 0 Å². The van der Waals surface area contributed by atoms with Crippen LogP contribution in [0.3, 0.4) is 0 Å². The molecule has 1 rings (SSSR count). The zero-order valence-electron chi connectivity index (χ0n) is 9.94. The van der Waals surface area contributed by atoms with Gasteiger partial charge in [0.15, 0.2) is 0 Å². The molecule has 0 fully saturated rings. The lowest BCUT2D eigenvalue weighted by molar-refractivity contribution is -0.137. The molecule has 0 amide bonds. The molecule has 96 valence electrons. The van der Waals surface area contributed by atoms with Crippen LogP contribution in [0, 0.1) is 0 Å². The van der Waals surface area contributed by atoms with Crippen LogP contribution in [0.15, 0.2) is 24.3 Å². The van der Waals surface area contributed by atoms with E-state index in [0.717, 1.165) is 17.7 Å². The number of hydrogen-bond acceptors (Lipinski definition) is 0. The lowest BCUT2D eigenvalue weighted by atomic mass is 10.2. The molecule has 0 saturated heterocycles. The minimum absolute atomic E-state index is 0.580. The van der Waals surface area contributed by atoms with Crippen LogP contribution in [0.2, 0.25) is 19.1 Å². The quantitative estimate of drug-likeness (QED) is 0.571. The first-order valence-electron chi connectivity index (χ1n) is 5.51. The molecule has 17 heavy (non-hydrogen) atoms. The highest BCUT2D eigenvalue weighted by Gasteiger charge is 2.31. The third-order valence-electron chi connectivity index (χ3n) is 2.93. The summed E-state index contributed by atoms with van der Waals surface area (Å²) in [5.74, 6) is 0.608. The second-order valence-corrected chi connectivity index (χ2v) is 9.97. The third-order valence-corrected chi connectivity index (χ3v) is 6.70. The molecule has 0 saturated carbocycles. The van der Waals surface area contributed by atoms with Crippen LogP contribution in [0.4, 0.5) is 13.2 Å². The van der Waals surface area contributed by atoms with E-state index in [2.05, 4.69) is 13.1 Å². The van der Waals surface area contributed by atoms with Gasteiger partial charge in [0.05, 0.1) is 13.6 Å². The fourth-order valence-corrected chi connectivity index (χ4v) is 4.54. The van der Waals surface area contributed by atoms with Crippen molar-refractivity contribution in [3.63, 3.8) is 0 Å². The molecule has 0 bridgehead atoms. The highest BCUT2D eigenvalue weighted by molar-refractivity contribution is 6.89. The predicted octanol–water partition coefficient (Wildman–Crippen LogP) is 4.25. The number of benzene rings is 1. The molecule has 0 nitrogen and oxygen atoms in total. The lowest BCUT2D eigenvalue weighted by Crippen LogP contribution is -2.41. The second-order valence-electron chi connectivity index (χ2n) is 4.75. The summed E-state index contributed by atoms with van der Waals surface area (Å²) in [5, 5.41) is 1.05. The fraction of sp³-hybridized carbons (Fsp3) is 0.500. The van der Waals surface area contributed by atoms with Gasteiger partial charge in [0.2, 0.25) is 0 Å². The zero-order chi connectivity index (χ0) is 13.1. The monoisotopic (exact) mass is 280 g/mol. The van der Waals surface area contributed by atoms with E-state index in [1.165, 1.54) is 12.1 Å². The van der Waals surface area contributed by atoms with Gasteiger partial charge in [-0.2, -0.15) is 13.2 Å². The molecule has 0 aromatic heterocycles. The Morgan fingerprint density at radius 1 is 1.12 bits per heavy atom. The van der Waals surface area contributed by atoms with Crippen molar-refractivity contribution in [2.45, 2.75) is 31.7 Å². The fourth-order valence-electron chi connectivity index (χ4n) is 1.76. The summed E-state index contributed by atoms with van der Waals surface area (Å²) < 4.78 is 37.2. The average Bonchev–Trinajstić information content (AvgIpc) is 2.25. The van der Waals surface area contributed by atoms with E-state index in [1.807, 2.05) is 0 Å². The van der Waals surface area contributed by atoms with Gasteiger partial charge >= 0.3 is 6.18 Å². The van der Waals surface area contributed by atoms with E-state index in [-0.39, 0.29) is 0 Å².